The molecule has 0 spiro atoms. The number of rotatable bonds is 71. The summed E-state index contributed by atoms with van der Waals surface area (Å²) in [7, 11) is 1.33. The molecule has 0 radical (unpaired) electrons. The number of aliphatic hydroxyl groups excluding tert-OH is 1. The Bertz CT molecular complexity index is 1420. The van der Waals surface area contributed by atoms with Crippen molar-refractivity contribution in [1.82, 2.24) is 5.32 Å². The van der Waals surface area contributed by atoms with Crippen molar-refractivity contribution < 1.29 is 32.9 Å². The highest BCUT2D eigenvalue weighted by atomic mass is 31.2. The molecule has 0 aliphatic heterocycles. The second kappa shape index (κ2) is 66.4. The van der Waals surface area contributed by atoms with Crippen LogP contribution >= 0.6 is 7.82 Å². The van der Waals surface area contributed by atoms with Crippen LogP contribution in [0.5, 0.6) is 0 Å². The molecule has 0 saturated heterocycles. The maximum Gasteiger partial charge on any atom is 0.268 e. The van der Waals surface area contributed by atoms with Crippen LogP contribution in [-0.2, 0) is 18.4 Å². The molecule has 1 amide bonds. The van der Waals surface area contributed by atoms with E-state index in [1.165, 1.54) is 327 Å². The number of hydrogen-bond acceptors (Lipinski definition) is 6. The Kier molecular flexibility index (Phi) is 65.6. The number of allylic oxidation sites excluding steroid dienone is 4. The van der Waals surface area contributed by atoms with Crippen molar-refractivity contribution in [3.63, 3.8) is 0 Å². The molecular weight excluding hydrogens is 1060 g/mol. The minimum atomic E-state index is -4.58. The third kappa shape index (κ3) is 68.5. The Morgan fingerprint density at radius 3 is 0.988 bits per heavy atom. The van der Waals surface area contributed by atoms with Crippen LogP contribution in [0.15, 0.2) is 24.3 Å². The van der Waals surface area contributed by atoms with Crippen LogP contribution in [0.2, 0.25) is 0 Å². The Labute approximate surface area is 525 Å². The first-order valence-electron chi connectivity index (χ1n) is 37.7. The second-order valence-corrected chi connectivity index (χ2v) is 28.8. The number of carbonyl (C=O) groups excluding carboxylic acids is 1. The maximum atomic E-state index is 13.1. The first-order valence-corrected chi connectivity index (χ1v) is 39.1. The van der Waals surface area contributed by atoms with E-state index < -0.39 is 20.0 Å². The van der Waals surface area contributed by atoms with Gasteiger partial charge in [0.15, 0.2) is 0 Å². The van der Waals surface area contributed by atoms with Gasteiger partial charge in [0.1, 0.15) is 13.2 Å². The number of carbonyl (C=O) groups is 1. The van der Waals surface area contributed by atoms with E-state index >= 15 is 0 Å². The van der Waals surface area contributed by atoms with E-state index in [0.29, 0.717) is 23.9 Å². The molecule has 500 valence electrons. The Morgan fingerprint density at radius 1 is 0.417 bits per heavy atom. The van der Waals surface area contributed by atoms with Gasteiger partial charge < -0.3 is 28.8 Å². The third-order valence-corrected chi connectivity index (χ3v) is 18.7. The molecule has 2 N–H and O–H groups in total. The zero-order chi connectivity index (χ0) is 61.2. The lowest BCUT2D eigenvalue weighted by Crippen LogP contribution is -2.46. The minimum Gasteiger partial charge on any atom is -0.756 e. The van der Waals surface area contributed by atoms with Gasteiger partial charge in [0, 0.05) is 6.42 Å². The van der Waals surface area contributed by atoms with E-state index in [1.54, 1.807) is 0 Å². The Hall–Kier alpha value is -1.02. The molecule has 0 aromatic heterocycles. The van der Waals surface area contributed by atoms with Crippen LogP contribution in [0.25, 0.3) is 0 Å². The predicted octanol–water partition coefficient (Wildman–Crippen LogP) is 23.6. The molecule has 9 heteroatoms. The van der Waals surface area contributed by atoms with Gasteiger partial charge in [-0.2, -0.15) is 0 Å². The van der Waals surface area contributed by atoms with E-state index in [2.05, 4.69) is 43.5 Å². The quantitative estimate of drug-likeness (QED) is 0.0272. The fraction of sp³-hybridized carbons (Fsp3) is 0.933. The first kappa shape index (κ1) is 83.0. The summed E-state index contributed by atoms with van der Waals surface area (Å²) >= 11 is 0. The van der Waals surface area contributed by atoms with Gasteiger partial charge in [-0.05, 0) is 44.9 Å². The van der Waals surface area contributed by atoms with Crippen LogP contribution in [0.4, 0.5) is 0 Å². The summed E-state index contributed by atoms with van der Waals surface area (Å²) < 4.78 is 23.6. The SMILES string of the molecule is CCCCCCC/C=C\C/C=C\CCCCCCCCCCCCCCCCCCCCCCCCCCCC(=O)NC(COP(=O)([O-])OCC[N+](C)(C)C)C(O)CCCCCCCCCCCCCCCCCCCCCCCCCCC. The molecule has 0 rings (SSSR count). The summed E-state index contributed by atoms with van der Waals surface area (Å²) in [4.78, 5) is 25.7. The number of aliphatic hydroxyl groups is 1. The molecule has 0 saturated carbocycles. The molecule has 84 heavy (non-hydrogen) atoms. The van der Waals surface area contributed by atoms with E-state index in [-0.39, 0.29) is 19.1 Å². The lowest BCUT2D eigenvalue weighted by molar-refractivity contribution is -0.870. The van der Waals surface area contributed by atoms with Crippen LogP contribution in [0, 0.1) is 0 Å². The number of hydrogen-bond donors (Lipinski definition) is 2. The maximum absolute atomic E-state index is 13.1. The smallest absolute Gasteiger partial charge is 0.268 e. The standard InChI is InChI=1S/C75H149N2O6P/c1-6-8-10-12-14-16-18-20-22-24-26-28-30-32-33-34-35-36-37-38-39-40-41-42-43-45-47-49-51-53-55-57-59-61-63-65-67-69-75(79)76-73(72-83-84(80,81)82-71-70-77(3,4)5)74(78)68-66-64-62-60-58-56-54-52-50-48-46-44-31-29-27-25-23-21-19-17-15-13-11-9-7-2/h18,20,24,26,73-74,78H,6-17,19,21-23,25,27-72H2,1-5H3,(H-,76,79,80,81)/b20-18-,26-24-. The van der Waals surface area contributed by atoms with E-state index in [9.17, 15) is 19.4 Å². The molecule has 0 fully saturated rings. The van der Waals surface area contributed by atoms with Gasteiger partial charge in [-0.25, -0.2) is 0 Å². The Morgan fingerprint density at radius 2 is 0.690 bits per heavy atom. The van der Waals surface area contributed by atoms with Gasteiger partial charge in [0.05, 0.1) is 39.9 Å². The zero-order valence-electron chi connectivity index (χ0n) is 57.4. The highest BCUT2D eigenvalue weighted by molar-refractivity contribution is 7.45. The van der Waals surface area contributed by atoms with E-state index in [4.69, 9.17) is 9.05 Å². The molecular formula is C75H149N2O6P. The van der Waals surface area contributed by atoms with Gasteiger partial charge >= 0.3 is 0 Å². The highest BCUT2D eigenvalue weighted by Gasteiger charge is 2.24. The molecule has 0 aromatic carbocycles. The lowest BCUT2D eigenvalue weighted by Gasteiger charge is -2.30. The average molecular weight is 1210 g/mol. The summed E-state index contributed by atoms with van der Waals surface area (Å²) in [5.74, 6) is -0.154. The third-order valence-electron chi connectivity index (χ3n) is 17.7. The number of amides is 1. The molecule has 0 aromatic rings. The number of quaternary nitrogens is 1. The van der Waals surface area contributed by atoms with Gasteiger partial charge in [0.2, 0.25) is 5.91 Å². The fourth-order valence-electron chi connectivity index (χ4n) is 11.8. The second-order valence-electron chi connectivity index (χ2n) is 27.4. The van der Waals surface area contributed by atoms with Crippen molar-refractivity contribution in [2.75, 3.05) is 40.9 Å². The van der Waals surface area contributed by atoms with Gasteiger partial charge in [-0.3, -0.25) is 9.36 Å². The number of nitrogens with one attached hydrogen (secondary N) is 1. The van der Waals surface area contributed by atoms with Crippen molar-refractivity contribution in [3.8, 4) is 0 Å². The predicted molar refractivity (Wildman–Crippen MR) is 367 cm³/mol. The summed E-state index contributed by atoms with van der Waals surface area (Å²) in [6, 6.07) is -0.799. The van der Waals surface area contributed by atoms with E-state index in [1.807, 2.05) is 21.1 Å². The summed E-state index contributed by atoms with van der Waals surface area (Å²) in [6.07, 6.45) is 87.1. The largest absolute Gasteiger partial charge is 0.756 e. The van der Waals surface area contributed by atoms with Crippen molar-refractivity contribution in [1.29, 1.82) is 0 Å². The molecule has 0 heterocycles. The number of phosphoric acid groups is 1. The minimum absolute atomic E-state index is 0.0157. The molecule has 0 bridgehead atoms. The monoisotopic (exact) mass is 1210 g/mol. The highest BCUT2D eigenvalue weighted by Crippen LogP contribution is 2.38. The van der Waals surface area contributed by atoms with Gasteiger partial charge in [0.25, 0.3) is 7.82 Å². The topological polar surface area (TPSA) is 108 Å². The molecule has 8 nitrogen and oxygen atoms in total. The number of likely N-dealkylation sites (N-methyl/N-ethyl adjacent to an activating group) is 1. The number of nitrogens with zero attached hydrogens (tertiary/aromatic N) is 1. The van der Waals surface area contributed by atoms with Crippen molar-refractivity contribution in [3.05, 3.63) is 24.3 Å². The molecule has 3 unspecified atom stereocenters. The van der Waals surface area contributed by atoms with Gasteiger partial charge in [-0.1, -0.05) is 372 Å². The summed E-state index contributed by atoms with van der Waals surface area (Å²) in [5.41, 5.74) is 0. The summed E-state index contributed by atoms with van der Waals surface area (Å²) in [6.45, 7) is 4.78. The first-order chi connectivity index (χ1) is 41.0. The van der Waals surface area contributed by atoms with Crippen LogP contribution in [-0.4, -0.2) is 68.5 Å². The van der Waals surface area contributed by atoms with Gasteiger partial charge in [-0.15, -0.1) is 0 Å². The lowest BCUT2D eigenvalue weighted by atomic mass is 10.0. The zero-order valence-corrected chi connectivity index (χ0v) is 58.3. The van der Waals surface area contributed by atoms with Crippen molar-refractivity contribution in [2.45, 2.75) is 411 Å². The van der Waals surface area contributed by atoms with Crippen molar-refractivity contribution >= 4 is 13.7 Å². The molecule has 0 aliphatic rings. The molecule has 3 atom stereocenters. The Balaban J connectivity index is 3.92. The molecule has 0 aliphatic carbocycles. The fourth-order valence-corrected chi connectivity index (χ4v) is 12.6. The normalized spacial score (nSPS) is 13.7. The van der Waals surface area contributed by atoms with Crippen LogP contribution < -0.4 is 10.2 Å². The van der Waals surface area contributed by atoms with Crippen molar-refractivity contribution in [2.24, 2.45) is 0 Å². The summed E-state index contributed by atoms with van der Waals surface area (Å²) in [5, 5.41) is 14.1. The van der Waals surface area contributed by atoms with Crippen LogP contribution in [0.3, 0.4) is 0 Å². The number of phosphoric ester groups is 1. The van der Waals surface area contributed by atoms with Crippen LogP contribution in [0.1, 0.15) is 399 Å². The average Bonchev–Trinajstić information content (AvgIpc) is 3.56. The van der Waals surface area contributed by atoms with E-state index in [0.717, 1.165) is 44.9 Å². The number of unbranched alkanes of at least 4 members (excludes halogenated alkanes) is 54.